The highest BCUT2D eigenvalue weighted by Crippen LogP contribution is 2.38. The molecular formula is C24H26O12. The molecule has 0 saturated carbocycles. The van der Waals surface area contributed by atoms with Gasteiger partial charge in [0.25, 0.3) is 6.29 Å². The van der Waals surface area contributed by atoms with Crippen LogP contribution in [0.1, 0.15) is 18.1 Å². The van der Waals surface area contributed by atoms with Gasteiger partial charge in [-0.15, -0.1) is 0 Å². The second-order valence-electron chi connectivity index (χ2n) is 7.85. The van der Waals surface area contributed by atoms with Crippen LogP contribution in [0.25, 0.3) is 6.08 Å². The summed E-state index contributed by atoms with van der Waals surface area (Å²) in [6.45, 7) is -0.469. The molecule has 6 N–H and O–H groups in total. The van der Waals surface area contributed by atoms with Crippen molar-refractivity contribution in [3.8, 4) is 17.2 Å². The zero-order chi connectivity index (χ0) is 26.5. The van der Waals surface area contributed by atoms with Gasteiger partial charge in [0.1, 0.15) is 11.9 Å². The van der Waals surface area contributed by atoms with Gasteiger partial charge in [-0.2, -0.15) is 0 Å². The van der Waals surface area contributed by atoms with Crippen molar-refractivity contribution in [1.82, 2.24) is 0 Å². The number of phenolic OH excluding ortho intramolecular Hbond substituents is 2. The van der Waals surface area contributed by atoms with Crippen molar-refractivity contribution in [1.29, 1.82) is 0 Å². The zero-order valence-electron chi connectivity index (χ0n) is 19.1. The Kier molecular flexibility index (Phi) is 8.50. The van der Waals surface area contributed by atoms with Crippen LogP contribution in [-0.2, 0) is 30.4 Å². The van der Waals surface area contributed by atoms with E-state index in [-0.39, 0.29) is 17.1 Å². The summed E-state index contributed by atoms with van der Waals surface area (Å²) >= 11 is 0. The van der Waals surface area contributed by atoms with Gasteiger partial charge in [0, 0.05) is 18.6 Å². The molecule has 1 aliphatic rings. The quantitative estimate of drug-likeness (QED) is 0.159. The van der Waals surface area contributed by atoms with Crippen LogP contribution in [0.4, 0.5) is 0 Å². The third-order valence-electron chi connectivity index (χ3n) is 5.25. The van der Waals surface area contributed by atoms with Crippen LogP contribution in [0.2, 0.25) is 0 Å². The van der Waals surface area contributed by atoms with Crippen LogP contribution >= 0.6 is 0 Å². The Labute approximate surface area is 205 Å². The van der Waals surface area contributed by atoms with Gasteiger partial charge in [0.15, 0.2) is 23.7 Å². The van der Waals surface area contributed by atoms with E-state index in [1.54, 1.807) is 0 Å². The van der Waals surface area contributed by atoms with E-state index in [0.717, 1.165) is 13.0 Å². The molecule has 12 heteroatoms. The van der Waals surface area contributed by atoms with Gasteiger partial charge >= 0.3 is 17.7 Å². The number of hydrogen-bond donors (Lipinski definition) is 6. The van der Waals surface area contributed by atoms with E-state index >= 15 is 0 Å². The first-order valence-electron chi connectivity index (χ1n) is 10.7. The van der Waals surface area contributed by atoms with Crippen molar-refractivity contribution in [2.75, 3.05) is 6.61 Å². The topological polar surface area (TPSA) is 192 Å². The molecule has 0 bridgehead atoms. The van der Waals surface area contributed by atoms with Crippen molar-refractivity contribution in [2.24, 2.45) is 0 Å². The van der Waals surface area contributed by atoms with Crippen molar-refractivity contribution < 1.29 is 59.2 Å². The van der Waals surface area contributed by atoms with Crippen molar-refractivity contribution in [3.63, 3.8) is 0 Å². The average Bonchev–Trinajstić information content (AvgIpc) is 2.84. The molecule has 2 aromatic rings. The Hall–Kier alpha value is -3.68. The predicted molar refractivity (Wildman–Crippen MR) is 120 cm³/mol. The first kappa shape index (κ1) is 26.9. The number of hydrogen-bond acceptors (Lipinski definition) is 12. The van der Waals surface area contributed by atoms with Gasteiger partial charge in [0.2, 0.25) is 0 Å². The highest BCUT2D eigenvalue weighted by Gasteiger charge is 2.61. The molecule has 0 aliphatic carbocycles. The number of para-hydroxylation sites is 1. The van der Waals surface area contributed by atoms with Gasteiger partial charge in [-0.25, -0.2) is 4.79 Å². The minimum Gasteiger partial charge on any atom is -0.508 e. The summed E-state index contributed by atoms with van der Waals surface area (Å²) in [5.41, 5.74) is 0.614. The van der Waals surface area contributed by atoms with E-state index in [1.165, 1.54) is 48.5 Å². The lowest BCUT2D eigenvalue weighted by atomic mass is 9.95. The van der Waals surface area contributed by atoms with Crippen molar-refractivity contribution >= 4 is 18.0 Å². The molecule has 0 spiro atoms. The fourth-order valence-electron chi connectivity index (χ4n) is 3.51. The molecule has 1 fully saturated rings. The first-order chi connectivity index (χ1) is 17.1. The summed E-state index contributed by atoms with van der Waals surface area (Å²) in [5, 5.41) is 60.9. The minimum atomic E-state index is -2.96. The summed E-state index contributed by atoms with van der Waals surface area (Å²) in [5.74, 6) is -5.79. The third kappa shape index (κ3) is 5.93. The highest BCUT2D eigenvalue weighted by molar-refractivity contribution is 5.87. The van der Waals surface area contributed by atoms with E-state index in [2.05, 4.69) is 0 Å². The number of ether oxygens (including phenoxy) is 4. The second-order valence-corrected chi connectivity index (χ2v) is 7.85. The number of aliphatic hydroxyl groups is 4. The summed E-state index contributed by atoms with van der Waals surface area (Å²) < 4.78 is 21.1. The van der Waals surface area contributed by atoms with E-state index in [0.29, 0.717) is 5.56 Å². The fraction of sp³-hybridized carbons (Fsp3) is 0.333. The monoisotopic (exact) mass is 506 g/mol. The van der Waals surface area contributed by atoms with E-state index in [4.69, 9.17) is 18.9 Å². The molecule has 1 saturated heterocycles. The zero-order valence-corrected chi connectivity index (χ0v) is 19.1. The van der Waals surface area contributed by atoms with Crippen LogP contribution in [0.15, 0.2) is 48.5 Å². The lowest BCUT2D eigenvalue weighted by Crippen LogP contribution is -2.70. The molecular weight excluding hydrogens is 480 g/mol. The number of esters is 2. The Bertz CT molecular complexity index is 1100. The molecule has 0 unspecified atom stereocenters. The lowest BCUT2D eigenvalue weighted by molar-refractivity contribution is -0.389. The largest absolute Gasteiger partial charge is 0.508 e. The number of benzene rings is 2. The summed E-state index contributed by atoms with van der Waals surface area (Å²) in [4.78, 5) is 24.1. The van der Waals surface area contributed by atoms with Gasteiger partial charge in [-0.05, 0) is 29.8 Å². The Balaban J connectivity index is 1.87. The maximum Gasteiger partial charge on any atom is 0.331 e. The summed E-state index contributed by atoms with van der Waals surface area (Å²) in [6.07, 6.45) is -5.03. The first-order valence-corrected chi connectivity index (χ1v) is 10.7. The SMILES string of the molecule is CC(=O)O[C@]1(O)[C@H](Oc2c(O)cccc2CO)O[C@H](CO)[C@@H](OC(=O)/C=C/c2ccc(O)cc2)[C@@H]1O. The van der Waals surface area contributed by atoms with Crippen LogP contribution < -0.4 is 4.74 Å². The molecule has 1 heterocycles. The van der Waals surface area contributed by atoms with Gasteiger partial charge in [-0.1, -0.05) is 24.3 Å². The number of aliphatic hydroxyl groups excluding tert-OH is 3. The molecule has 2 aromatic carbocycles. The highest BCUT2D eigenvalue weighted by atomic mass is 16.8. The number of phenols is 2. The third-order valence-corrected chi connectivity index (χ3v) is 5.25. The Morgan fingerprint density at radius 1 is 1.11 bits per heavy atom. The van der Waals surface area contributed by atoms with Crippen molar-refractivity contribution in [2.45, 2.75) is 43.9 Å². The molecule has 0 radical (unpaired) electrons. The van der Waals surface area contributed by atoms with Gasteiger partial charge < -0.3 is 49.6 Å². The fourth-order valence-corrected chi connectivity index (χ4v) is 3.51. The van der Waals surface area contributed by atoms with Crippen LogP contribution in [0, 0.1) is 0 Å². The van der Waals surface area contributed by atoms with E-state index < -0.39 is 61.3 Å². The smallest absolute Gasteiger partial charge is 0.331 e. The summed E-state index contributed by atoms with van der Waals surface area (Å²) in [7, 11) is 0. The molecule has 36 heavy (non-hydrogen) atoms. The Morgan fingerprint density at radius 2 is 1.81 bits per heavy atom. The maximum atomic E-state index is 12.4. The molecule has 0 aromatic heterocycles. The predicted octanol–water partition coefficient (Wildman–Crippen LogP) is -0.0761. The maximum absolute atomic E-state index is 12.4. The number of rotatable bonds is 8. The molecule has 5 atom stereocenters. The lowest BCUT2D eigenvalue weighted by Gasteiger charge is -2.47. The number of carbonyl (C=O) groups is 2. The second kappa shape index (κ2) is 11.4. The normalized spacial score (nSPS) is 25.9. The number of carbonyl (C=O) groups excluding carboxylic acids is 2. The van der Waals surface area contributed by atoms with Gasteiger partial charge in [-0.3, -0.25) is 4.79 Å². The molecule has 3 rings (SSSR count). The van der Waals surface area contributed by atoms with E-state index in [9.17, 15) is 40.2 Å². The molecule has 0 amide bonds. The molecule has 12 nitrogen and oxygen atoms in total. The van der Waals surface area contributed by atoms with E-state index in [1.807, 2.05) is 0 Å². The standard InChI is InChI=1S/C24H26O12/c1-13(27)36-24(32)22(31)21(34-19(30)10-7-14-5-8-16(28)9-6-14)18(12-26)33-23(24)35-20-15(11-25)3-2-4-17(20)29/h2-10,18,21-23,25-26,28-29,31-32H,11-12H2,1H3/b10-7+/t18-,21-,22+,23+,24+/m1/s1. The van der Waals surface area contributed by atoms with Crippen LogP contribution in [-0.4, -0.2) is 79.6 Å². The van der Waals surface area contributed by atoms with Crippen molar-refractivity contribution in [3.05, 3.63) is 59.7 Å². The Morgan fingerprint density at radius 3 is 2.42 bits per heavy atom. The summed E-state index contributed by atoms with van der Waals surface area (Å²) in [6, 6.07) is 9.88. The van der Waals surface area contributed by atoms with Gasteiger partial charge in [0.05, 0.1) is 13.2 Å². The van der Waals surface area contributed by atoms with Crippen LogP contribution in [0.5, 0.6) is 17.2 Å². The molecule has 1 aliphatic heterocycles. The minimum absolute atomic E-state index is 0.0273. The average molecular weight is 506 g/mol. The van der Waals surface area contributed by atoms with Crippen LogP contribution in [0.3, 0.4) is 0 Å². The number of aromatic hydroxyl groups is 2. The molecule has 194 valence electrons.